The third-order valence-corrected chi connectivity index (χ3v) is 3.06. The van der Waals surface area contributed by atoms with E-state index in [0.29, 0.717) is 17.9 Å². The maximum absolute atomic E-state index is 12.2. The highest BCUT2D eigenvalue weighted by atomic mass is 16.5. The molecule has 0 spiro atoms. The smallest absolute Gasteiger partial charge is 0.192 e. The molecule has 0 saturated heterocycles. The molecule has 20 heavy (non-hydrogen) atoms. The summed E-state index contributed by atoms with van der Waals surface area (Å²) in [7, 11) is 1.57. The number of ether oxygens (including phenoxy) is 2. The highest BCUT2D eigenvalue weighted by Crippen LogP contribution is 2.23. The Bertz CT molecular complexity index is 576. The summed E-state index contributed by atoms with van der Waals surface area (Å²) in [5.41, 5.74) is 2.57. The van der Waals surface area contributed by atoms with Crippen LogP contribution in [0.2, 0.25) is 0 Å². The van der Waals surface area contributed by atoms with Crippen LogP contribution in [0.3, 0.4) is 0 Å². The monoisotopic (exact) mass is 270 g/mol. The Morgan fingerprint density at radius 1 is 1.05 bits per heavy atom. The van der Waals surface area contributed by atoms with Gasteiger partial charge in [-0.25, -0.2) is 0 Å². The van der Waals surface area contributed by atoms with Crippen LogP contribution in [0.25, 0.3) is 0 Å². The van der Waals surface area contributed by atoms with Crippen molar-refractivity contribution in [1.82, 2.24) is 0 Å². The number of ketones is 1. The second kappa shape index (κ2) is 6.87. The molecule has 0 heterocycles. The molecule has 3 nitrogen and oxygen atoms in total. The van der Waals surface area contributed by atoms with Crippen LogP contribution in [0.15, 0.2) is 48.5 Å². The zero-order valence-electron chi connectivity index (χ0n) is 11.8. The second-order valence-corrected chi connectivity index (χ2v) is 4.56. The summed E-state index contributed by atoms with van der Waals surface area (Å²) >= 11 is 0. The van der Waals surface area contributed by atoms with E-state index in [0.717, 1.165) is 11.1 Å². The van der Waals surface area contributed by atoms with E-state index in [9.17, 15) is 4.79 Å². The lowest BCUT2D eigenvalue weighted by Crippen LogP contribution is -2.11. The largest absolute Gasteiger partial charge is 0.496 e. The Kier molecular flexibility index (Phi) is 4.91. The lowest BCUT2D eigenvalue weighted by molar-refractivity contribution is 0.0723. The van der Waals surface area contributed by atoms with Gasteiger partial charge < -0.3 is 9.47 Å². The fourth-order valence-corrected chi connectivity index (χ4v) is 2.06. The van der Waals surface area contributed by atoms with E-state index < -0.39 is 0 Å². The quantitative estimate of drug-likeness (QED) is 0.755. The van der Waals surface area contributed by atoms with Crippen molar-refractivity contribution in [3.8, 4) is 5.75 Å². The molecule has 0 aliphatic heterocycles. The number of aryl methyl sites for hydroxylation is 1. The first-order valence-corrected chi connectivity index (χ1v) is 6.51. The molecule has 0 bridgehead atoms. The van der Waals surface area contributed by atoms with Crippen LogP contribution in [0, 0.1) is 6.92 Å². The standard InChI is InChI=1S/C17H18O3/c1-13-7-6-10-15(17(13)19-2)16(18)12-20-11-14-8-4-3-5-9-14/h3-10H,11-12H2,1-2H3. The predicted octanol–water partition coefficient (Wildman–Crippen LogP) is 3.40. The van der Waals surface area contributed by atoms with Crippen LogP contribution in [0.1, 0.15) is 21.5 Å². The topological polar surface area (TPSA) is 35.5 Å². The van der Waals surface area contributed by atoms with Crippen LogP contribution < -0.4 is 4.74 Å². The first-order chi connectivity index (χ1) is 9.72. The molecule has 0 aromatic heterocycles. The minimum Gasteiger partial charge on any atom is -0.496 e. The highest BCUT2D eigenvalue weighted by Gasteiger charge is 2.13. The summed E-state index contributed by atoms with van der Waals surface area (Å²) in [5, 5.41) is 0. The van der Waals surface area contributed by atoms with Gasteiger partial charge in [0, 0.05) is 0 Å². The van der Waals surface area contributed by atoms with Crippen molar-refractivity contribution in [1.29, 1.82) is 0 Å². The van der Waals surface area contributed by atoms with E-state index >= 15 is 0 Å². The molecule has 0 unspecified atom stereocenters. The molecule has 0 aliphatic rings. The molecule has 0 amide bonds. The Labute approximate surface area is 119 Å². The van der Waals surface area contributed by atoms with Crippen molar-refractivity contribution in [2.45, 2.75) is 13.5 Å². The Hall–Kier alpha value is -2.13. The van der Waals surface area contributed by atoms with E-state index in [-0.39, 0.29) is 12.4 Å². The van der Waals surface area contributed by atoms with Crippen molar-refractivity contribution in [3.05, 3.63) is 65.2 Å². The van der Waals surface area contributed by atoms with Gasteiger partial charge in [0.2, 0.25) is 0 Å². The molecule has 0 fully saturated rings. The van der Waals surface area contributed by atoms with Crippen LogP contribution in [0.5, 0.6) is 5.75 Å². The van der Waals surface area contributed by atoms with Gasteiger partial charge in [-0.05, 0) is 24.1 Å². The van der Waals surface area contributed by atoms with Crippen molar-refractivity contribution in [2.75, 3.05) is 13.7 Å². The third kappa shape index (κ3) is 3.45. The molecule has 0 aliphatic carbocycles. The summed E-state index contributed by atoms with van der Waals surface area (Å²) in [5.74, 6) is 0.558. The Morgan fingerprint density at radius 2 is 1.80 bits per heavy atom. The molecular weight excluding hydrogens is 252 g/mol. The highest BCUT2D eigenvalue weighted by molar-refractivity contribution is 6.00. The van der Waals surface area contributed by atoms with Crippen molar-refractivity contribution >= 4 is 5.78 Å². The molecule has 3 heteroatoms. The zero-order valence-corrected chi connectivity index (χ0v) is 11.8. The summed E-state index contributed by atoms with van der Waals surface area (Å²) in [4.78, 5) is 12.2. The summed E-state index contributed by atoms with van der Waals surface area (Å²) in [6.45, 7) is 2.40. The van der Waals surface area contributed by atoms with Gasteiger partial charge in [-0.1, -0.05) is 42.5 Å². The third-order valence-electron chi connectivity index (χ3n) is 3.06. The molecule has 0 radical (unpaired) electrons. The minimum atomic E-state index is -0.0681. The second-order valence-electron chi connectivity index (χ2n) is 4.56. The van der Waals surface area contributed by atoms with Gasteiger partial charge >= 0.3 is 0 Å². The Morgan fingerprint density at radius 3 is 2.50 bits per heavy atom. The molecule has 2 aromatic rings. The number of carbonyl (C=O) groups excluding carboxylic acids is 1. The molecule has 2 aromatic carbocycles. The maximum Gasteiger partial charge on any atom is 0.192 e. The van der Waals surface area contributed by atoms with Gasteiger partial charge in [-0.15, -0.1) is 0 Å². The average molecular weight is 270 g/mol. The number of rotatable bonds is 6. The van der Waals surface area contributed by atoms with Gasteiger partial charge in [0.25, 0.3) is 0 Å². The zero-order chi connectivity index (χ0) is 14.4. The Balaban J connectivity index is 1.97. The summed E-state index contributed by atoms with van der Waals surface area (Å²) in [6.07, 6.45) is 0. The van der Waals surface area contributed by atoms with E-state index in [4.69, 9.17) is 9.47 Å². The first-order valence-electron chi connectivity index (χ1n) is 6.51. The van der Waals surface area contributed by atoms with E-state index in [2.05, 4.69) is 0 Å². The normalized spacial score (nSPS) is 10.3. The molecular formula is C17H18O3. The van der Waals surface area contributed by atoms with Gasteiger partial charge in [0.15, 0.2) is 5.78 Å². The number of Topliss-reactive ketones (excluding diaryl/α,β-unsaturated/α-hetero) is 1. The first kappa shape index (κ1) is 14.3. The van der Waals surface area contributed by atoms with Gasteiger partial charge in [-0.2, -0.15) is 0 Å². The van der Waals surface area contributed by atoms with Crippen molar-refractivity contribution < 1.29 is 14.3 Å². The summed E-state index contributed by atoms with van der Waals surface area (Å²) in [6, 6.07) is 15.3. The fraction of sp³-hybridized carbons (Fsp3) is 0.235. The molecule has 0 N–H and O–H groups in total. The maximum atomic E-state index is 12.2. The average Bonchev–Trinajstić information content (AvgIpc) is 2.48. The van der Waals surface area contributed by atoms with E-state index in [1.165, 1.54) is 0 Å². The van der Waals surface area contributed by atoms with Gasteiger partial charge in [0.05, 0.1) is 19.3 Å². The SMILES string of the molecule is COc1c(C)cccc1C(=O)COCc1ccccc1. The molecule has 0 atom stereocenters. The predicted molar refractivity (Wildman–Crippen MR) is 78.2 cm³/mol. The van der Waals surface area contributed by atoms with Crippen LogP contribution >= 0.6 is 0 Å². The number of benzene rings is 2. The number of para-hydroxylation sites is 1. The van der Waals surface area contributed by atoms with Gasteiger partial charge in [0.1, 0.15) is 12.4 Å². The molecule has 104 valence electrons. The minimum absolute atomic E-state index is 0.0503. The number of hydrogen-bond acceptors (Lipinski definition) is 3. The van der Waals surface area contributed by atoms with Crippen LogP contribution in [-0.4, -0.2) is 19.5 Å². The van der Waals surface area contributed by atoms with Gasteiger partial charge in [-0.3, -0.25) is 4.79 Å². The van der Waals surface area contributed by atoms with E-state index in [1.54, 1.807) is 13.2 Å². The van der Waals surface area contributed by atoms with Crippen LogP contribution in [-0.2, 0) is 11.3 Å². The number of methoxy groups -OCH3 is 1. The number of carbonyl (C=O) groups is 1. The van der Waals surface area contributed by atoms with E-state index in [1.807, 2.05) is 49.4 Å². The molecule has 0 saturated carbocycles. The fourth-order valence-electron chi connectivity index (χ4n) is 2.06. The van der Waals surface area contributed by atoms with Crippen molar-refractivity contribution in [2.24, 2.45) is 0 Å². The van der Waals surface area contributed by atoms with Crippen LogP contribution in [0.4, 0.5) is 0 Å². The lowest BCUT2D eigenvalue weighted by Gasteiger charge is -2.10. The number of hydrogen-bond donors (Lipinski definition) is 0. The summed E-state index contributed by atoms with van der Waals surface area (Å²) < 4.78 is 10.8. The lowest BCUT2D eigenvalue weighted by atomic mass is 10.1. The van der Waals surface area contributed by atoms with Crippen molar-refractivity contribution in [3.63, 3.8) is 0 Å². The molecule has 2 rings (SSSR count).